The molecule has 0 bridgehead atoms. The molecule has 1 fully saturated rings. The standard InChI is InChI=1S/C8H14N2O4/c1-14-6(4-7(11)12)5-10-3-2-9-8(10)13/h6H,2-5H2,1H3,(H,9,13)(H,11,12). The van der Waals surface area contributed by atoms with Crippen molar-refractivity contribution in [2.45, 2.75) is 12.5 Å². The number of nitrogens with one attached hydrogen (secondary N) is 1. The summed E-state index contributed by atoms with van der Waals surface area (Å²) in [6.45, 7) is 1.55. The number of aliphatic carboxylic acids is 1. The van der Waals surface area contributed by atoms with Gasteiger partial charge in [-0.1, -0.05) is 0 Å². The molecule has 0 aromatic heterocycles. The van der Waals surface area contributed by atoms with Crippen LogP contribution in [0.4, 0.5) is 4.79 Å². The second-order valence-corrected chi connectivity index (χ2v) is 3.13. The number of carboxylic acid groups (broad SMARTS) is 1. The summed E-state index contributed by atoms with van der Waals surface area (Å²) in [5, 5.41) is 11.2. The molecule has 0 aliphatic carbocycles. The Morgan fingerprint density at radius 3 is 2.93 bits per heavy atom. The number of urea groups is 1. The van der Waals surface area contributed by atoms with Crippen LogP contribution in [0.25, 0.3) is 0 Å². The summed E-state index contributed by atoms with van der Waals surface area (Å²) in [5.41, 5.74) is 0. The highest BCUT2D eigenvalue weighted by Crippen LogP contribution is 2.04. The third kappa shape index (κ3) is 2.88. The lowest BCUT2D eigenvalue weighted by Crippen LogP contribution is -2.37. The van der Waals surface area contributed by atoms with E-state index in [9.17, 15) is 9.59 Å². The Bertz CT molecular complexity index is 231. The topological polar surface area (TPSA) is 78.9 Å². The van der Waals surface area contributed by atoms with Crippen molar-refractivity contribution >= 4 is 12.0 Å². The van der Waals surface area contributed by atoms with Crippen molar-refractivity contribution in [3.05, 3.63) is 0 Å². The first-order valence-electron chi connectivity index (χ1n) is 4.41. The van der Waals surface area contributed by atoms with Crippen molar-refractivity contribution in [3.8, 4) is 0 Å². The second-order valence-electron chi connectivity index (χ2n) is 3.13. The van der Waals surface area contributed by atoms with Gasteiger partial charge < -0.3 is 20.1 Å². The van der Waals surface area contributed by atoms with Crippen LogP contribution < -0.4 is 5.32 Å². The van der Waals surface area contributed by atoms with E-state index in [1.165, 1.54) is 7.11 Å². The number of carbonyl (C=O) groups is 2. The van der Waals surface area contributed by atoms with E-state index < -0.39 is 12.1 Å². The molecule has 6 nitrogen and oxygen atoms in total. The van der Waals surface area contributed by atoms with Gasteiger partial charge in [-0.15, -0.1) is 0 Å². The van der Waals surface area contributed by atoms with Crippen molar-refractivity contribution in [1.29, 1.82) is 0 Å². The Morgan fingerprint density at radius 2 is 2.50 bits per heavy atom. The molecule has 1 rings (SSSR count). The minimum Gasteiger partial charge on any atom is -0.481 e. The third-order valence-corrected chi connectivity index (χ3v) is 2.10. The summed E-state index contributed by atoms with van der Waals surface area (Å²) >= 11 is 0. The molecule has 1 saturated heterocycles. The second kappa shape index (κ2) is 4.80. The molecule has 14 heavy (non-hydrogen) atoms. The van der Waals surface area contributed by atoms with Crippen LogP contribution in [0.5, 0.6) is 0 Å². The fourth-order valence-corrected chi connectivity index (χ4v) is 1.35. The molecule has 1 aliphatic rings. The van der Waals surface area contributed by atoms with Crippen LogP contribution >= 0.6 is 0 Å². The van der Waals surface area contributed by atoms with Gasteiger partial charge in [-0.2, -0.15) is 0 Å². The molecule has 1 aliphatic heterocycles. The first-order chi connectivity index (χ1) is 6.63. The minimum absolute atomic E-state index is 0.0831. The number of amides is 2. The average molecular weight is 202 g/mol. The smallest absolute Gasteiger partial charge is 0.317 e. The van der Waals surface area contributed by atoms with E-state index in [1.807, 2.05) is 0 Å². The van der Waals surface area contributed by atoms with Crippen LogP contribution in [0.1, 0.15) is 6.42 Å². The molecular formula is C8H14N2O4. The quantitative estimate of drug-likeness (QED) is 0.630. The number of methoxy groups -OCH3 is 1. The summed E-state index contributed by atoms with van der Waals surface area (Å²) in [4.78, 5) is 23.1. The van der Waals surface area contributed by atoms with Crippen molar-refractivity contribution in [2.24, 2.45) is 0 Å². The van der Waals surface area contributed by atoms with E-state index in [4.69, 9.17) is 9.84 Å². The van der Waals surface area contributed by atoms with E-state index in [-0.39, 0.29) is 12.5 Å². The molecular weight excluding hydrogens is 188 g/mol. The van der Waals surface area contributed by atoms with E-state index in [0.717, 1.165) is 0 Å². The van der Waals surface area contributed by atoms with E-state index in [2.05, 4.69) is 5.32 Å². The summed E-state index contributed by atoms with van der Waals surface area (Å²) in [6.07, 6.45) is -0.517. The SMILES string of the molecule is COC(CC(=O)O)CN1CCNC1=O. The number of carboxylic acids is 1. The molecule has 0 saturated carbocycles. The zero-order valence-electron chi connectivity index (χ0n) is 8.02. The van der Waals surface area contributed by atoms with Crippen LogP contribution in [0.3, 0.4) is 0 Å². The van der Waals surface area contributed by atoms with Crippen molar-refractivity contribution < 1.29 is 19.4 Å². The van der Waals surface area contributed by atoms with Crippen molar-refractivity contribution in [2.75, 3.05) is 26.7 Å². The predicted octanol–water partition coefficient (Wildman–Crippen LogP) is -0.499. The van der Waals surface area contributed by atoms with E-state index in [0.29, 0.717) is 19.6 Å². The lowest BCUT2D eigenvalue weighted by Gasteiger charge is -2.20. The van der Waals surface area contributed by atoms with E-state index >= 15 is 0 Å². The predicted molar refractivity (Wildman–Crippen MR) is 48.0 cm³/mol. The highest BCUT2D eigenvalue weighted by Gasteiger charge is 2.24. The fraction of sp³-hybridized carbons (Fsp3) is 0.750. The highest BCUT2D eigenvalue weighted by molar-refractivity contribution is 5.76. The number of rotatable bonds is 5. The molecule has 2 N–H and O–H groups in total. The highest BCUT2D eigenvalue weighted by atomic mass is 16.5. The molecule has 6 heteroatoms. The molecule has 1 atom stereocenters. The van der Waals surface area contributed by atoms with Gasteiger partial charge in [-0.3, -0.25) is 4.79 Å². The number of nitrogens with zero attached hydrogens (tertiary/aromatic N) is 1. The van der Waals surface area contributed by atoms with Crippen molar-refractivity contribution in [3.63, 3.8) is 0 Å². The van der Waals surface area contributed by atoms with Crippen LogP contribution in [0.2, 0.25) is 0 Å². The maximum Gasteiger partial charge on any atom is 0.317 e. The largest absolute Gasteiger partial charge is 0.481 e. The lowest BCUT2D eigenvalue weighted by molar-refractivity contribution is -0.139. The molecule has 1 heterocycles. The number of hydrogen-bond acceptors (Lipinski definition) is 3. The molecule has 2 amide bonds. The van der Waals surface area contributed by atoms with Gasteiger partial charge in [0.15, 0.2) is 0 Å². The van der Waals surface area contributed by atoms with Gasteiger partial charge in [-0.25, -0.2) is 4.79 Å². The van der Waals surface area contributed by atoms with Crippen molar-refractivity contribution in [1.82, 2.24) is 10.2 Å². The normalized spacial score (nSPS) is 18.1. The van der Waals surface area contributed by atoms with Gasteiger partial charge in [0.1, 0.15) is 0 Å². The first kappa shape index (κ1) is 10.8. The van der Waals surface area contributed by atoms with Crippen LogP contribution in [-0.2, 0) is 9.53 Å². The number of carbonyl (C=O) groups excluding carboxylic acids is 1. The van der Waals surface area contributed by atoms with Gasteiger partial charge in [0.05, 0.1) is 12.5 Å². The molecule has 0 radical (unpaired) electrons. The fourth-order valence-electron chi connectivity index (χ4n) is 1.35. The van der Waals surface area contributed by atoms with Gasteiger partial charge >= 0.3 is 12.0 Å². The Morgan fingerprint density at radius 1 is 1.79 bits per heavy atom. The van der Waals surface area contributed by atoms with E-state index in [1.54, 1.807) is 4.90 Å². The van der Waals surface area contributed by atoms with Crippen LogP contribution in [0, 0.1) is 0 Å². The Hall–Kier alpha value is -1.30. The van der Waals surface area contributed by atoms with Crippen LogP contribution in [-0.4, -0.2) is 54.9 Å². The van der Waals surface area contributed by atoms with Gasteiger partial charge in [0.2, 0.25) is 0 Å². The third-order valence-electron chi connectivity index (χ3n) is 2.10. The summed E-state index contributed by atoms with van der Waals surface area (Å²) in [6, 6.07) is -0.155. The first-order valence-corrected chi connectivity index (χ1v) is 4.41. The molecule has 0 aromatic carbocycles. The van der Waals surface area contributed by atoms with Gasteiger partial charge in [0.25, 0.3) is 0 Å². The Kier molecular flexibility index (Phi) is 3.70. The molecule has 0 spiro atoms. The molecule has 80 valence electrons. The molecule has 1 unspecified atom stereocenters. The zero-order chi connectivity index (χ0) is 10.6. The maximum atomic E-state index is 11.1. The minimum atomic E-state index is -0.920. The maximum absolute atomic E-state index is 11.1. The lowest BCUT2D eigenvalue weighted by atomic mass is 10.2. The number of ether oxygens (including phenoxy) is 1. The summed E-state index contributed by atoms with van der Waals surface area (Å²) in [5.74, 6) is -0.920. The van der Waals surface area contributed by atoms with Gasteiger partial charge in [-0.05, 0) is 0 Å². The molecule has 0 aromatic rings. The Balaban J connectivity index is 2.39. The van der Waals surface area contributed by atoms with Gasteiger partial charge in [0, 0.05) is 26.7 Å². The monoisotopic (exact) mass is 202 g/mol. The Labute approximate surface area is 81.8 Å². The number of hydrogen-bond donors (Lipinski definition) is 2. The zero-order valence-corrected chi connectivity index (χ0v) is 8.02. The summed E-state index contributed by atoms with van der Waals surface area (Å²) < 4.78 is 4.97. The van der Waals surface area contributed by atoms with Crippen LogP contribution in [0.15, 0.2) is 0 Å². The average Bonchev–Trinajstić information content (AvgIpc) is 2.50. The summed E-state index contributed by atoms with van der Waals surface area (Å²) in [7, 11) is 1.45.